The number of aromatic amines is 1. The number of hydrogen-bond donors (Lipinski definition) is 4. The fourth-order valence-electron chi connectivity index (χ4n) is 16.1. The molecule has 4 N–H and O–H groups in total. The van der Waals surface area contributed by atoms with Gasteiger partial charge in [0.1, 0.15) is 35.0 Å². The summed E-state index contributed by atoms with van der Waals surface area (Å²) in [4.78, 5) is 57.5. The first-order valence-electron chi connectivity index (χ1n) is 45.0. The molecule has 0 spiro atoms. The Balaban J connectivity index is 1.20. The average molecular weight is 1560 g/mol. The second-order valence-corrected chi connectivity index (χ2v) is 32.3. The molecule has 0 radical (unpaired) electrons. The number of unbranched alkanes of at least 4 members (excludes halogenated alkanes) is 45. The van der Waals surface area contributed by atoms with Crippen molar-refractivity contribution in [3.05, 3.63) is 146 Å². The number of methoxy groups -OCH3 is 2. The average Bonchev–Trinajstić information content (AvgIpc) is 1.59. The van der Waals surface area contributed by atoms with E-state index in [0.717, 1.165) is 62.4 Å². The Morgan fingerprint density at radius 3 is 1.21 bits per heavy atom. The predicted molar refractivity (Wildman–Crippen MR) is 457 cm³/mol. The van der Waals surface area contributed by atoms with Crippen molar-refractivity contribution in [1.29, 1.82) is 0 Å². The molecule has 4 aromatic carbocycles. The zero-order chi connectivity index (χ0) is 80.0. The fraction of sp³-hybridized carbons (Fsp3) is 0.688. The van der Waals surface area contributed by atoms with Crippen LogP contribution in [-0.4, -0.2) is 84.0 Å². The highest BCUT2D eigenvalue weighted by molar-refractivity contribution is 5.83. The summed E-state index contributed by atoms with van der Waals surface area (Å²) in [6.45, 7) is 9.37. The number of aryl methyl sites for hydroxylation is 1. The number of carboxylic acids is 1. The van der Waals surface area contributed by atoms with Crippen LogP contribution in [0.5, 0.6) is 28.7 Å². The Morgan fingerprint density at radius 1 is 0.509 bits per heavy atom. The Hall–Kier alpha value is -6.62. The number of aliphatic hydroxyl groups is 1. The lowest BCUT2D eigenvalue weighted by Crippen LogP contribution is -2.53. The number of carbonyl (C=O) groups excluding carboxylic acids is 1. The van der Waals surface area contributed by atoms with Gasteiger partial charge in [0, 0.05) is 31.1 Å². The summed E-state index contributed by atoms with van der Waals surface area (Å²) in [7, 11) is 3.17. The molecule has 6 rings (SSSR count). The van der Waals surface area contributed by atoms with Crippen LogP contribution in [0.2, 0.25) is 0 Å². The molecule has 2 heterocycles. The van der Waals surface area contributed by atoms with Crippen molar-refractivity contribution in [2.75, 3.05) is 40.6 Å². The third-order valence-electron chi connectivity index (χ3n) is 23.1. The van der Waals surface area contributed by atoms with Gasteiger partial charge in [-0.05, 0) is 84.8 Å². The van der Waals surface area contributed by atoms with E-state index in [4.69, 9.17) is 33.2 Å². The van der Waals surface area contributed by atoms with Crippen LogP contribution in [0.1, 0.15) is 376 Å². The summed E-state index contributed by atoms with van der Waals surface area (Å²) in [6, 6.07) is 28.1. The highest BCUT2D eigenvalue weighted by atomic mass is 16.6. The second-order valence-electron chi connectivity index (χ2n) is 32.3. The quantitative estimate of drug-likeness (QED) is 0.0211. The molecule has 0 aliphatic carbocycles. The molecule has 4 atom stereocenters. The smallest absolute Gasteiger partial charge is 0.330 e. The number of hydrogen-bond acceptors (Lipinski definition) is 12. The highest BCUT2D eigenvalue weighted by Gasteiger charge is 2.57. The van der Waals surface area contributed by atoms with Crippen molar-refractivity contribution in [1.82, 2.24) is 14.9 Å². The Labute approximate surface area is 676 Å². The van der Waals surface area contributed by atoms with Gasteiger partial charge in [-0.1, -0.05) is 364 Å². The number of aromatic nitrogens is 2. The molecule has 628 valence electrons. The van der Waals surface area contributed by atoms with Crippen LogP contribution in [0, 0.1) is 12.8 Å². The Morgan fingerprint density at radius 2 is 0.857 bits per heavy atom. The Kier molecular flexibility index (Phi) is 48.3. The lowest BCUT2D eigenvalue weighted by Gasteiger charge is -2.39. The highest BCUT2D eigenvalue weighted by Crippen LogP contribution is 2.47. The number of benzene rings is 4. The molecule has 0 saturated carbocycles. The van der Waals surface area contributed by atoms with E-state index in [9.17, 15) is 29.4 Å². The fourth-order valence-corrected chi connectivity index (χ4v) is 16.1. The summed E-state index contributed by atoms with van der Waals surface area (Å²) in [5.41, 5.74) is -2.30. The molecular formula is C96H151N3O13. The number of ether oxygens (including phenoxy) is 7. The van der Waals surface area contributed by atoms with Gasteiger partial charge in [-0.3, -0.25) is 23.9 Å². The molecule has 1 aliphatic rings. The number of nitrogens with zero attached hydrogens (tertiary/aromatic N) is 1. The maximum absolute atomic E-state index is 14.8. The van der Waals surface area contributed by atoms with E-state index in [0.29, 0.717) is 70.8 Å². The van der Waals surface area contributed by atoms with Gasteiger partial charge < -0.3 is 48.7 Å². The molecule has 1 fully saturated rings. The number of nitrogens with one attached hydrogen (secondary N) is 2. The van der Waals surface area contributed by atoms with Crippen molar-refractivity contribution >= 4 is 11.9 Å². The number of rotatable bonds is 69. The number of carbonyl (C=O) groups is 2. The van der Waals surface area contributed by atoms with E-state index < -0.39 is 72.0 Å². The molecule has 0 bridgehead atoms. The maximum Gasteiger partial charge on any atom is 0.330 e. The van der Waals surface area contributed by atoms with E-state index in [1.807, 2.05) is 91.0 Å². The van der Waals surface area contributed by atoms with Crippen LogP contribution < -0.4 is 40.3 Å². The first-order valence-corrected chi connectivity index (χ1v) is 45.0. The first-order chi connectivity index (χ1) is 54.8. The molecule has 1 unspecified atom stereocenters. The van der Waals surface area contributed by atoms with Gasteiger partial charge in [0.05, 0.1) is 46.6 Å². The third kappa shape index (κ3) is 34.8. The van der Waals surface area contributed by atoms with Crippen LogP contribution >= 0.6 is 0 Å². The molecule has 1 amide bonds. The SMILES string of the molecule is CCCCCCCCCCCCCCCCCCOc1cc(CNC(=O)CC(C(=O)O)[C@]2(O)C[C@H](n3cc(C)c(=O)[nH]c3=O)O[C@@H]2COC(c2ccccc2)(c2ccc(OC)cc2)c2ccc(OC)cc2)cc(OCCCCCCCCCCCCCCCCCC)c1OCCCCCCCCCCCCCCCCCC. The Bertz CT molecular complexity index is 3270. The molecular weight excluding hydrogens is 1400 g/mol. The van der Waals surface area contributed by atoms with Gasteiger partial charge in [-0.25, -0.2) is 4.79 Å². The van der Waals surface area contributed by atoms with Gasteiger partial charge in [0.25, 0.3) is 5.56 Å². The largest absolute Gasteiger partial charge is 0.497 e. The molecule has 16 nitrogen and oxygen atoms in total. The summed E-state index contributed by atoms with van der Waals surface area (Å²) in [6.07, 6.45) is 58.6. The van der Waals surface area contributed by atoms with Crippen molar-refractivity contribution in [2.45, 2.75) is 379 Å². The topological polar surface area (TPSA) is 206 Å². The van der Waals surface area contributed by atoms with Crippen molar-refractivity contribution < 1.29 is 53.0 Å². The van der Waals surface area contributed by atoms with Gasteiger partial charge in [-0.15, -0.1) is 0 Å². The van der Waals surface area contributed by atoms with Crippen LogP contribution in [0.25, 0.3) is 0 Å². The minimum atomic E-state index is -2.35. The molecule has 16 heteroatoms. The summed E-state index contributed by atoms with van der Waals surface area (Å²) < 4.78 is 46.6. The lowest BCUT2D eigenvalue weighted by atomic mass is 9.78. The number of amides is 1. The predicted octanol–water partition coefficient (Wildman–Crippen LogP) is 24.2. The molecule has 112 heavy (non-hydrogen) atoms. The summed E-state index contributed by atoms with van der Waals surface area (Å²) >= 11 is 0. The zero-order valence-corrected chi connectivity index (χ0v) is 70.7. The summed E-state index contributed by atoms with van der Waals surface area (Å²) in [5.74, 6) is -1.04. The molecule has 5 aromatic rings. The molecule has 1 aromatic heterocycles. The van der Waals surface area contributed by atoms with Crippen molar-refractivity contribution in [3.63, 3.8) is 0 Å². The molecule has 1 saturated heterocycles. The van der Waals surface area contributed by atoms with Crippen molar-refractivity contribution in [2.24, 2.45) is 5.92 Å². The standard InChI is InChI=1S/C96H151N3O13/c1-7-10-13-16-19-22-25-28-31-34-37-40-43-46-49-55-68-108-86-71-79(72-87(109-69-56-50-47-44-41-38-35-32-29-26-23-20-17-14-11-8-2)91(86)110-70-57-51-48-45-42-39-36-33-30-27-24-21-18-15-12-9-3)75-97-89(100)73-85(93(102)103)95(105)74-90(99-76-78(4)92(101)98-94(99)104)112-88(95)77-111-96(80-58-53-52-54-59-80,81-60-64-83(106-5)65-61-81)82-62-66-84(107-6)67-63-82/h52-54,58-67,71-72,76,85,88,90,105H,7-51,55-57,68-70,73-75,77H2,1-6H3,(H,97,100)(H,102,103)(H,98,101,104)/t85?,88-,90-,95-/m1/s1. The maximum atomic E-state index is 14.8. The minimum absolute atomic E-state index is 0.0190. The van der Waals surface area contributed by atoms with Gasteiger partial charge in [0.15, 0.2) is 11.5 Å². The third-order valence-corrected chi connectivity index (χ3v) is 23.1. The van der Waals surface area contributed by atoms with Gasteiger partial charge >= 0.3 is 11.7 Å². The van der Waals surface area contributed by atoms with Crippen LogP contribution in [0.4, 0.5) is 0 Å². The van der Waals surface area contributed by atoms with E-state index >= 15 is 0 Å². The van der Waals surface area contributed by atoms with E-state index in [1.54, 1.807) is 14.2 Å². The monoisotopic (exact) mass is 1550 g/mol. The lowest BCUT2D eigenvalue weighted by molar-refractivity contribution is -0.168. The first kappa shape index (κ1) is 94.2. The normalized spacial score (nSPS) is 15.2. The second kappa shape index (κ2) is 57.4. The minimum Gasteiger partial charge on any atom is -0.497 e. The zero-order valence-electron chi connectivity index (χ0n) is 70.7. The van der Waals surface area contributed by atoms with E-state index in [2.05, 4.69) is 31.1 Å². The van der Waals surface area contributed by atoms with Crippen LogP contribution in [0.3, 0.4) is 0 Å². The van der Waals surface area contributed by atoms with E-state index in [1.165, 1.54) is 264 Å². The number of H-pyrrole nitrogens is 1. The molecule has 1 aliphatic heterocycles. The number of aliphatic carboxylic acids is 1. The summed E-state index contributed by atoms with van der Waals surface area (Å²) in [5, 5.41) is 27.8. The number of carboxylic acid groups (broad SMARTS) is 1. The van der Waals surface area contributed by atoms with Gasteiger partial charge in [0.2, 0.25) is 11.7 Å². The van der Waals surface area contributed by atoms with Gasteiger partial charge in [-0.2, -0.15) is 0 Å². The van der Waals surface area contributed by atoms with E-state index in [-0.39, 0.29) is 12.1 Å². The van der Waals surface area contributed by atoms with Crippen molar-refractivity contribution in [3.8, 4) is 28.7 Å². The van der Waals surface area contributed by atoms with Crippen LogP contribution in [0.15, 0.2) is 107 Å². The van der Waals surface area contributed by atoms with Crippen LogP contribution in [-0.2, 0) is 31.2 Å².